The lowest BCUT2D eigenvalue weighted by Crippen LogP contribution is -2.25. The summed E-state index contributed by atoms with van der Waals surface area (Å²) in [6.07, 6.45) is 9.09. The van der Waals surface area contributed by atoms with Crippen LogP contribution in [0.15, 0.2) is 34.9 Å². The molecular weight excluding hydrogens is 170 g/mol. The van der Waals surface area contributed by atoms with Gasteiger partial charge in [0.2, 0.25) is 0 Å². The predicted molar refractivity (Wildman–Crippen MR) is 60.9 cm³/mol. The Morgan fingerprint density at radius 3 is 3.00 bits per heavy atom. The average Bonchev–Trinajstić information content (AvgIpc) is 2.18. The van der Waals surface area contributed by atoms with Crippen LogP contribution in [0.5, 0.6) is 0 Å². The Balaban J connectivity index is 2.39. The molecule has 0 aromatic carbocycles. The van der Waals surface area contributed by atoms with Crippen molar-refractivity contribution < 1.29 is 0 Å². The van der Waals surface area contributed by atoms with Gasteiger partial charge in [0, 0.05) is 12.5 Å². The lowest BCUT2D eigenvalue weighted by molar-refractivity contribution is 0.516. The molecule has 0 amide bonds. The average molecular weight is 189 g/mol. The van der Waals surface area contributed by atoms with Crippen LogP contribution in [0.1, 0.15) is 26.7 Å². The standard InChI is InChI=1S/C13H19N/c1-9-7-10(2)13(8-14)12-6-4-3-5-11(9)12/h3-5,9,12H,6-8,14H2,1-2H3. The van der Waals surface area contributed by atoms with Crippen molar-refractivity contribution in [2.24, 2.45) is 17.6 Å². The minimum atomic E-state index is 0.619. The fourth-order valence-electron chi connectivity index (χ4n) is 2.82. The molecule has 0 aromatic rings. The lowest BCUT2D eigenvalue weighted by atomic mass is 9.71. The van der Waals surface area contributed by atoms with E-state index in [2.05, 4.69) is 32.1 Å². The highest BCUT2D eigenvalue weighted by atomic mass is 14.6. The van der Waals surface area contributed by atoms with Crippen LogP contribution in [-0.2, 0) is 0 Å². The highest BCUT2D eigenvalue weighted by Crippen LogP contribution is 2.41. The molecule has 14 heavy (non-hydrogen) atoms. The number of hydrogen-bond donors (Lipinski definition) is 1. The van der Waals surface area contributed by atoms with E-state index < -0.39 is 0 Å². The number of allylic oxidation sites excluding steroid dienone is 5. The fourth-order valence-corrected chi connectivity index (χ4v) is 2.82. The largest absolute Gasteiger partial charge is 0.327 e. The molecule has 0 saturated heterocycles. The van der Waals surface area contributed by atoms with E-state index in [0.717, 1.165) is 13.0 Å². The summed E-state index contributed by atoms with van der Waals surface area (Å²) in [5.74, 6) is 1.33. The van der Waals surface area contributed by atoms with Gasteiger partial charge in [0.15, 0.2) is 0 Å². The van der Waals surface area contributed by atoms with Crippen molar-refractivity contribution in [2.75, 3.05) is 6.54 Å². The van der Waals surface area contributed by atoms with Crippen LogP contribution >= 0.6 is 0 Å². The minimum Gasteiger partial charge on any atom is -0.327 e. The van der Waals surface area contributed by atoms with Crippen LogP contribution in [0, 0.1) is 11.8 Å². The molecular formula is C13H19N. The third-order valence-electron chi connectivity index (χ3n) is 3.57. The van der Waals surface area contributed by atoms with Gasteiger partial charge in [-0.25, -0.2) is 0 Å². The van der Waals surface area contributed by atoms with Crippen molar-refractivity contribution in [3.8, 4) is 0 Å². The second-order valence-corrected chi connectivity index (χ2v) is 4.50. The number of fused-ring (bicyclic) bond motifs is 1. The van der Waals surface area contributed by atoms with Crippen molar-refractivity contribution in [2.45, 2.75) is 26.7 Å². The Labute approximate surface area is 86.4 Å². The van der Waals surface area contributed by atoms with Crippen LogP contribution in [0.25, 0.3) is 0 Å². The van der Waals surface area contributed by atoms with Crippen LogP contribution < -0.4 is 5.73 Å². The SMILES string of the molecule is CC1=C(CN)C2CC=CC=C2C(C)C1. The van der Waals surface area contributed by atoms with E-state index in [1.807, 2.05) is 0 Å². The maximum absolute atomic E-state index is 5.84. The van der Waals surface area contributed by atoms with Crippen molar-refractivity contribution >= 4 is 0 Å². The molecule has 1 heteroatoms. The first-order valence-electron chi connectivity index (χ1n) is 5.49. The lowest BCUT2D eigenvalue weighted by Gasteiger charge is -2.35. The summed E-state index contributed by atoms with van der Waals surface area (Å²) < 4.78 is 0. The van der Waals surface area contributed by atoms with E-state index in [-0.39, 0.29) is 0 Å². The van der Waals surface area contributed by atoms with Crippen LogP contribution in [-0.4, -0.2) is 6.54 Å². The molecule has 0 radical (unpaired) electrons. The molecule has 0 bridgehead atoms. The molecule has 0 heterocycles. The molecule has 2 unspecified atom stereocenters. The zero-order chi connectivity index (χ0) is 10.1. The van der Waals surface area contributed by atoms with Gasteiger partial charge >= 0.3 is 0 Å². The van der Waals surface area contributed by atoms with Crippen LogP contribution in [0.2, 0.25) is 0 Å². The van der Waals surface area contributed by atoms with Gasteiger partial charge in [-0.15, -0.1) is 0 Å². The minimum absolute atomic E-state index is 0.619. The molecule has 2 atom stereocenters. The van der Waals surface area contributed by atoms with Crippen molar-refractivity contribution in [1.29, 1.82) is 0 Å². The summed E-state index contributed by atoms with van der Waals surface area (Å²) in [4.78, 5) is 0. The molecule has 2 rings (SSSR count). The molecule has 0 saturated carbocycles. The van der Waals surface area contributed by atoms with E-state index in [9.17, 15) is 0 Å². The normalized spacial score (nSPS) is 31.5. The van der Waals surface area contributed by atoms with E-state index in [0.29, 0.717) is 11.8 Å². The van der Waals surface area contributed by atoms with Crippen molar-refractivity contribution in [3.05, 3.63) is 34.9 Å². The number of hydrogen-bond acceptors (Lipinski definition) is 1. The Hall–Kier alpha value is -0.820. The summed E-state index contributed by atoms with van der Waals surface area (Å²) in [5.41, 5.74) is 10.4. The number of rotatable bonds is 1. The molecule has 0 spiro atoms. The third kappa shape index (κ3) is 1.46. The zero-order valence-electron chi connectivity index (χ0n) is 9.09. The third-order valence-corrected chi connectivity index (χ3v) is 3.57. The summed E-state index contributed by atoms with van der Waals surface area (Å²) in [7, 11) is 0. The van der Waals surface area contributed by atoms with Gasteiger partial charge in [-0.05, 0) is 25.7 Å². The summed E-state index contributed by atoms with van der Waals surface area (Å²) >= 11 is 0. The van der Waals surface area contributed by atoms with Gasteiger partial charge in [0.25, 0.3) is 0 Å². The zero-order valence-corrected chi connectivity index (χ0v) is 9.09. The van der Waals surface area contributed by atoms with Gasteiger partial charge in [-0.2, -0.15) is 0 Å². The Morgan fingerprint density at radius 2 is 2.29 bits per heavy atom. The Morgan fingerprint density at radius 1 is 1.50 bits per heavy atom. The molecule has 2 aliphatic rings. The van der Waals surface area contributed by atoms with Crippen molar-refractivity contribution in [1.82, 2.24) is 0 Å². The second kappa shape index (κ2) is 3.74. The summed E-state index contributed by atoms with van der Waals surface area (Å²) in [6.45, 7) is 5.30. The highest BCUT2D eigenvalue weighted by Gasteiger charge is 2.28. The van der Waals surface area contributed by atoms with Crippen LogP contribution in [0.4, 0.5) is 0 Å². The smallest absolute Gasteiger partial charge is 0.0145 e. The maximum Gasteiger partial charge on any atom is 0.0145 e. The molecule has 76 valence electrons. The quantitative estimate of drug-likeness (QED) is 0.631. The molecule has 0 fully saturated rings. The van der Waals surface area contributed by atoms with Gasteiger partial charge in [0.1, 0.15) is 0 Å². The van der Waals surface area contributed by atoms with Crippen LogP contribution in [0.3, 0.4) is 0 Å². The molecule has 1 nitrogen and oxygen atoms in total. The molecule has 0 aromatic heterocycles. The van der Waals surface area contributed by atoms with E-state index in [1.165, 1.54) is 17.6 Å². The second-order valence-electron chi connectivity index (χ2n) is 4.50. The monoisotopic (exact) mass is 189 g/mol. The van der Waals surface area contributed by atoms with Gasteiger partial charge in [0.05, 0.1) is 0 Å². The first-order valence-corrected chi connectivity index (χ1v) is 5.49. The Bertz CT molecular complexity index is 320. The fraction of sp³-hybridized carbons (Fsp3) is 0.538. The summed E-state index contributed by atoms with van der Waals surface area (Å²) in [5, 5.41) is 0. The first-order chi connectivity index (χ1) is 6.74. The molecule has 2 aliphatic carbocycles. The predicted octanol–water partition coefficient (Wildman–Crippen LogP) is 2.80. The van der Waals surface area contributed by atoms with Gasteiger partial charge in [-0.3, -0.25) is 0 Å². The number of nitrogens with two attached hydrogens (primary N) is 1. The van der Waals surface area contributed by atoms with Gasteiger partial charge in [-0.1, -0.05) is 41.9 Å². The first kappa shape index (κ1) is 9.72. The highest BCUT2D eigenvalue weighted by molar-refractivity contribution is 5.37. The van der Waals surface area contributed by atoms with Crippen molar-refractivity contribution in [3.63, 3.8) is 0 Å². The maximum atomic E-state index is 5.84. The Kier molecular flexibility index (Phi) is 2.60. The van der Waals surface area contributed by atoms with Gasteiger partial charge < -0.3 is 5.73 Å². The summed E-state index contributed by atoms with van der Waals surface area (Å²) in [6, 6.07) is 0. The van der Waals surface area contributed by atoms with E-state index in [4.69, 9.17) is 5.73 Å². The molecule has 2 N–H and O–H groups in total. The van der Waals surface area contributed by atoms with E-state index >= 15 is 0 Å². The molecule has 0 aliphatic heterocycles. The van der Waals surface area contributed by atoms with E-state index in [1.54, 1.807) is 5.57 Å². The topological polar surface area (TPSA) is 26.0 Å².